The fourth-order valence-electron chi connectivity index (χ4n) is 2.50. The standard InChI is InChI=1S/C17H37N.ClH/c1-3-4-5-6-7-8-9-10-11-12-13-14-15-16-17-18-2;/h18H,3-17H2,1-2H3;1H. The second-order valence-corrected chi connectivity index (χ2v) is 5.70. The Morgan fingerprint density at radius 3 is 1.16 bits per heavy atom. The number of rotatable bonds is 15. The van der Waals surface area contributed by atoms with E-state index in [1.54, 1.807) is 0 Å². The highest BCUT2D eigenvalue weighted by molar-refractivity contribution is 5.85. The molecule has 0 atom stereocenters. The van der Waals surface area contributed by atoms with Gasteiger partial charge in [0.1, 0.15) is 0 Å². The molecule has 0 saturated carbocycles. The van der Waals surface area contributed by atoms with E-state index in [0.717, 1.165) is 0 Å². The Hall–Kier alpha value is 0.250. The number of hydrogen-bond donors (Lipinski definition) is 1. The van der Waals surface area contributed by atoms with E-state index in [1.165, 1.54) is 96.4 Å². The zero-order chi connectivity index (χ0) is 13.3. The fourth-order valence-corrected chi connectivity index (χ4v) is 2.50. The van der Waals surface area contributed by atoms with Gasteiger partial charge in [-0.2, -0.15) is 0 Å². The Labute approximate surface area is 128 Å². The van der Waals surface area contributed by atoms with Crippen molar-refractivity contribution in [1.82, 2.24) is 5.32 Å². The van der Waals surface area contributed by atoms with Gasteiger partial charge in [-0.05, 0) is 20.0 Å². The average molecular weight is 292 g/mol. The molecule has 0 radical (unpaired) electrons. The van der Waals surface area contributed by atoms with Gasteiger partial charge in [-0.3, -0.25) is 0 Å². The molecular formula is C17H38ClN. The van der Waals surface area contributed by atoms with E-state index in [9.17, 15) is 0 Å². The maximum atomic E-state index is 3.21. The first-order valence-electron chi connectivity index (χ1n) is 8.56. The lowest BCUT2D eigenvalue weighted by Gasteiger charge is -2.03. The van der Waals surface area contributed by atoms with Crippen LogP contribution in [0.3, 0.4) is 0 Å². The van der Waals surface area contributed by atoms with E-state index in [0.29, 0.717) is 0 Å². The van der Waals surface area contributed by atoms with Gasteiger partial charge in [-0.1, -0.05) is 90.4 Å². The lowest BCUT2D eigenvalue weighted by molar-refractivity contribution is 0.533. The zero-order valence-corrected chi connectivity index (χ0v) is 14.3. The highest BCUT2D eigenvalue weighted by Crippen LogP contribution is 2.12. The van der Waals surface area contributed by atoms with Crippen molar-refractivity contribution in [3.63, 3.8) is 0 Å². The molecule has 0 aromatic rings. The Bertz CT molecular complexity index is 123. The normalized spacial score (nSPS) is 10.4. The second-order valence-electron chi connectivity index (χ2n) is 5.70. The van der Waals surface area contributed by atoms with Crippen LogP contribution in [-0.2, 0) is 0 Å². The van der Waals surface area contributed by atoms with Crippen molar-refractivity contribution >= 4 is 12.4 Å². The van der Waals surface area contributed by atoms with Crippen LogP contribution in [0.4, 0.5) is 0 Å². The average Bonchev–Trinajstić information content (AvgIpc) is 2.39. The van der Waals surface area contributed by atoms with Gasteiger partial charge in [0.15, 0.2) is 0 Å². The topological polar surface area (TPSA) is 12.0 Å². The molecule has 0 aliphatic rings. The molecule has 118 valence electrons. The summed E-state index contributed by atoms with van der Waals surface area (Å²) in [6, 6.07) is 0. The van der Waals surface area contributed by atoms with Crippen molar-refractivity contribution in [3.05, 3.63) is 0 Å². The van der Waals surface area contributed by atoms with Crippen molar-refractivity contribution in [2.75, 3.05) is 13.6 Å². The van der Waals surface area contributed by atoms with E-state index in [1.807, 2.05) is 7.05 Å². The van der Waals surface area contributed by atoms with Crippen LogP contribution >= 0.6 is 12.4 Å². The maximum absolute atomic E-state index is 3.21. The Balaban J connectivity index is 0. The van der Waals surface area contributed by atoms with Crippen LogP contribution in [0, 0.1) is 0 Å². The summed E-state index contributed by atoms with van der Waals surface area (Å²) < 4.78 is 0. The van der Waals surface area contributed by atoms with Crippen LogP contribution in [0.2, 0.25) is 0 Å². The molecule has 2 heteroatoms. The van der Waals surface area contributed by atoms with Crippen LogP contribution < -0.4 is 5.32 Å². The molecule has 19 heavy (non-hydrogen) atoms. The molecule has 0 amide bonds. The first kappa shape index (κ1) is 21.5. The van der Waals surface area contributed by atoms with Gasteiger partial charge in [-0.25, -0.2) is 0 Å². The molecule has 0 spiro atoms. The summed E-state index contributed by atoms with van der Waals surface area (Å²) in [6.45, 7) is 3.48. The van der Waals surface area contributed by atoms with Gasteiger partial charge in [0.2, 0.25) is 0 Å². The van der Waals surface area contributed by atoms with Crippen molar-refractivity contribution in [2.24, 2.45) is 0 Å². The number of halogens is 1. The number of hydrogen-bond acceptors (Lipinski definition) is 1. The molecule has 0 unspecified atom stereocenters. The summed E-state index contributed by atoms with van der Waals surface area (Å²) in [5.74, 6) is 0. The second kappa shape index (κ2) is 20.6. The third-order valence-electron chi connectivity index (χ3n) is 3.78. The quantitative estimate of drug-likeness (QED) is 0.359. The van der Waals surface area contributed by atoms with Crippen LogP contribution in [0.1, 0.15) is 96.8 Å². The van der Waals surface area contributed by atoms with Gasteiger partial charge in [-0.15, -0.1) is 12.4 Å². The smallest absolute Gasteiger partial charge is 0.00519 e. The minimum absolute atomic E-state index is 0. The number of unbranched alkanes of at least 4 members (excludes halogenated alkanes) is 13. The van der Waals surface area contributed by atoms with E-state index in [-0.39, 0.29) is 12.4 Å². The van der Waals surface area contributed by atoms with E-state index in [2.05, 4.69) is 12.2 Å². The first-order chi connectivity index (χ1) is 8.91. The molecule has 0 rings (SSSR count). The molecule has 0 aromatic carbocycles. The molecule has 0 fully saturated rings. The number of nitrogens with one attached hydrogen (secondary N) is 1. The molecular weight excluding hydrogens is 254 g/mol. The monoisotopic (exact) mass is 291 g/mol. The Morgan fingerprint density at radius 1 is 0.526 bits per heavy atom. The van der Waals surface area contributed by atoms with Crippen molar-refractivity contribution < 1.29 is 0 Å². The predicted octanol–water partition coefficient (Wildman–Crippen LogP) is 6.11. The minimum Gasteiger partial charge on any atom is -0.320 e. The van der Waals surface area contributed by atoms with Gasteiger partial charge in [0, 0.05) is 0 Å². The molecule has 0 saturated heterocycles. The third-order valence-corrected chi connectivity index (χ3v) is 3.78. The molecule has 0 bridgehead atoms. The van der Waals surface area contributed by atoms with Gasteiger partial charge >= 0.3 is 0 Å². The molecule has 0 heterocycles. The van der Waals surface area contributed by atoms with Crippen LogP contribution in [0.5, 0.6) is 0 Å². The molecule has 0 aliphatic heterocycles. The van der Waals surface area contributed by atoms with E-state index < -0.39 is 0 Å². The maximum Gasteiger partial charge on any atom is -0.00519 e. The summed E-state index contributed by atoms with van der Waals surface area (Å²) in [4.78, 5) is 0. The van der Waals surface area contributed by atoms with Crippen molar-refractivity contribution in [3.8, 4) is 0 Å². The third kappa shape index (κ3) is 20.7. The van der Waals surface area contributed by atoms with Crippen LogP contribution in [0.15, 0.2) is 0 Å². The zero-order valence-electron chi connectivity index (χ0n) is 13.5. The van der Waals surface area contributed by atoms with Crippen molar-refractivity contribution in [1.29, 1.82) is 0 Å². The SMILES string of the molecule is CCCCCCCCCCCCCCCCNC.Cl. The van der Waals surface area contributed by atoms with Crippen LogP contribution in [0.25, 0.3) is 0 Å². The van der Waals surface area contributed by atoms with E-state index >= 15 is 0 Å². The Morgan fingerprint density at radius 2 is 0.842 bits per heavy atom. The van der Waals surface area contributed by atoms with Gasteiger partial charge in [0.05, 0.1) is 0 Å². The molecule has 0 aromatic heterocycles. The van der Waals surface area contributed by atoms with Gasteiger partial charge in [0.25, 0.3) is 0 Å². The lowest BCUT2D eigenvalue weighted by atomic mass is 10.0. The summed E-state index contributed by atoms with van der Waals surface area (Å²) in [6.07, 6.45) is 20.3. The van der Waals surface area contributed by atoms with Crippen molar-refractivity contribution in [2.45, 2.75) is 96.8 Å². The minimum atomic E-state index is 0. The first-order valence-corrected chi connectivity index (χ1v) is 8.56. The summed E-state index contributed by atoms with van der Waals surface area (Å²) in [7, 11) is 2.04. The predicted molar refractivity (Wildman–Crippen MR) is 91.5 cm³/mol. The molecule has 1 nitrogen and oxygen atoms in total. The summed E-state index contributed by atoms with van der Waals surface area (Å²) in [5.41, 5.74) is 0. The van der Waals surface area contributed by atoms with E-state index in [4.69, 9.17) is 0 Å². The van der Waals surface area contributed by atoms with Crippen LogP contribution in [-0.4, -0.2) is 13.6 Å². The largest absolute Gasteiger partial charge is 0.320 e. The Kier molecular flexibility index (Phi) is 23.3. The molecule has 0 aliphatic carbocycles. The summed E-state index contributed by atoms with van der Waals surface area (Å²) >= 11 is 0. The summed E-state index contributed by atoms with van der Waals surface area (Å²) in [5, 5.41) is 3.21. The highest BCUT2D eigenvalue weighted by atomic mass is 35.5. The van der Waals surface area contributed by atoms with Gasteiger partial charge < -0.3 is 5.32 Å². The lowest BCUT2D eigenvalue weighted by Crippen LogP contribution is -2.06. The fraction of sp³-hybridized carbons (Fsp3) is 1.00. The molecule has 1 N–H and O–H groups in total. The highest BCUT2D eigenvalue weighted by Gasteiger charge is 1.93.